The van der Waals surface area contributed by atoms with Crippen LogP contribution in [0.25, 0.3) is 11.2 Å². The number of methoxy groups -OCH3 is 2. The van der Waals surface area contributed by atoms with Gasteiger partial charge in [-0.25, -0.2) is 14.8 Å². The zero-order valence-corrected chi connectivity index (χ0v) is 20.8. The molecule has 0 aromatic carbocycles. The van der Waals surface area contributed by atoms with Crippen molar-refractivity contribution in [1.29, 1.82) is 0 Å². The molecular formula is C23H28F3N7O4. The number of aromatic nitrogens is 4. The number of ether oxygens (including phenoxy) is 2. The molecule has 14 heteroatoms. The molecule has 1 fully saturated rings. The van der Waals surface area contributed by atoms with Gasteiger partial charge in [-0.15, -0.1) is 0 Å². The van der Waals surface area contributed by atoms with E-state index >= 15 is 0 Å². The summed E-state index contributed by atoms with van der Waals surface area (Å²) < 4.78 is 51.1. The minimum atomic E-state index is -4.66. The number of halogens is 3. The van der Waals surface area contributed by atoms with Gasteiger partial charge in [-0.3, -0.25) is 4.79 Å². The number of piperidine rings is 1. The maximum atomic E-state index is 13.2. The van der Waals surface area contributed by atoms with Crippen molar-refractivity contribution >= 4 is 28.7 Å². The number of H-pyrrole nitrogens is 1. The van der Waals surface area contributed by atoms with Crippen LogP contribution in [0.1, 0.15) is 17.7 Å². The molecular weight excluding hydrogens is 495 g/mol. The summed E-state index contributed by atoms with van der Waals surface area (Å²) >= 11 is 0. The van der Waals surface area contributed by atoms with Gasteiger partial charge in [-0.1, -0.05) is 0 Å². The fourth-order valence-electron chi connectivity index (χ4n) is 4.43. The molecule has 0 spiro atoms. The number of likely N-dealkylation sites (N-methyl/N-ethyl adjacent to an activating group) is 1. The van der Waals surface area contributed by atoms with Crippen molar-refractivity contribution in [2.45, 2.75) is 31.3 Å². The highest BCUT2D eigenvalue weighted by Gasteiger charge is 2.36. The van der Waals surface area contributed by atoms with Crippen molar-refractivity contribution in [3.05, 3.63) is 46.1 Å². The van der Waals surface area contributed by atoms with Crippen LogP contribution in [0.3, 0.4) is 0 Å². The first-order valence-corrected chi connectivity index (χ1v) is 11.4. The Morgan fingerprint density at radius 2 is 2.08 bits per heavy atom. The lowest BCUT2D eigenvalue weighted by Gasteiger charge is -2.42. The lowest BCUT2D eigenvalue weighted by atomic mass is 10.0. The summed E-state index contributed by atoms with van der Waals surface area (Å²) in [6.07, 6.45) is -2.26. The summed E-state index contributed by atoms with van der Waals surface area (Å²) in [5.41, 5.74) is -0.0495. The fraction of sp³-hybridized carbons (Fsp3) is 0.478. The monoisotopic (exact) mass is 523 g/mol. The lowest BCUT2D eigenvalue weighted by molar-refractivity contribution is -0.138. The van der Waals surface area contributed by atoms with E-state index in [0.29, 0.717) is 55.4 Å². The van der Waals surface area contributed by atoms with Crippen LogP contribution in [-0.4, -0.2) is 77.0 Å². The second-order valence-corrected chi connectivity index (χ2v) is 8.86. The van der Waals surface area contributed by atoms with E-state index < -0.39 is 41.2 Å². The van der Waals surface area contributed by atoms with Crippen molar-refractivity contribution in [2.24, 2.45) is 7.05 Å². The van der Waals surface area contributed by atoms with Gasteiger partial charge in [0, 0.05) is 53.3 Å². The van der Waals surface area contributed by atoms with Crippen LogP contribution in [0.4, 0.5) is 29.5 Å². The predicted molar refractivity (Wildman–Crippen MR) is 129 cm³/mol. The largest absolute Gasteiger partial charge is 0.417 e. The first kappa shape index (κ1) is 26.4. The molecule has 1 aliphatic heterocycles. The molecule has 4 rings (SSSR count). The van der Waals surface area contributed by atoms with E-state index in [1.165, 1.54) is 26.1 Å². The summed E-state index contributed by atoms with van der Waals surface area (Å²) in [5.74, 6) is 0.649. The quantitative estimate of drug-likeness (QED) is 0.510. The molecule has 0 radical (unpaired) electrons. The highest BCUT2D eigenvalue weighted by atomic mass is 19.4. The molecule has 1 aliphatic rings. The Balaban J connectivity index is 1.47. The molecule has 4 heterocycles. The Bertz CT molecular complexity index is 1340. The van der Waals surface area contributed by atoms with Gasteiger partial charge in [0.25, 0.3) is 5.56 Å². The second-order valence-electron chi connectivity index (χ2n) is 8.86. The molecule has 2 N–H and O–H groups in total. The molecule has 3 aromatic heterocycles. The number of hydrogen-bond donors (Lipinski definition) is 2. The minimum absolute atomic E-state index is 0.395. The average molecular weight is 524 g/mol. The fourth-order valence-corrected chi connectivity index (χ4v) is 4.43. The van der Waals surface area contributed by atoms with Crippen molar-refractivity contribution in [3.63, 3.8) is 0 Å². The Labute approximate surface area is 210 Å². The molecule has 0 bridgehead atoms. The molecule has 11 nitrogen and oxygen atoms in total. The van der Waals surface area contributed by atoms with Crippen LogP contribution < -0.4 is 15.8 Å². The number of amides is 2. The van der Waals surface area contributed by atoms with E-state index in [0.717, 1.165) is 10.3 Å². The summed E-state index contributed by atoms with van der Waals surface area (Å²) in [4.78, 5) is 40.9. The van der Waals surface area contributed by atoms with Gasteiger partial charge in [0.05, 0.1) is 30.5 Å². The first-order chi connectivity index (χ1) is 17.5. The minimum Gasteiger partial charge on any atom is -0.378 e. The van der Waals surface area contributed by atoms with E-state index in [2.05, 4.69) is 20.3 Å². The molecule has 2 atom stereocenters. The zero-order chi connectivity index (χ0) is 26.9. The van der Waals surface area contributed by atoms with E-state index in [1.54, 1.807) is 13.3 Å². The number of carbonyl (C=O) groups excluding carboxylic acids is 1. The van der Waals surface area contributed by atoms with Gasteiger partial charge < -0.3 is 34.1 Å². The molecule has 1 saturated heterocycles. The van der Waals surface area contributed by atoms with Gasteiger partial charge in [0.2, 0.25) is 0 Å². The van der Waals surface area contributed by atoms with E-state index in [-0.39, 0.29) is 0 Å². The molecule has 0 unspecified atom stereocenters. The van der Waals surface area contributed by atoms with Crippen LogP contribution in [-0.2, 0) is 29.3 Å². The van der Waals surface area contributed by atoms with E-state index in [4.69, 9.17) is 9.47 Å². The lowest BCUT2D eigenvalue weighted by Crippen LogP contribution is -2.56. The van der Waals surface area contributed by atoms with Gasteiger partial charge in [0.1, 0.15) is 17.0 Å². The van der Waals surface area contributed by atoms with Crippen molar-refractivity contribution in [2.75, 3.05) is 44.6 Å². The molecule has 2 amide bonds. The third kappa shape index (κ3) is 5.54. The van der Waals surface area contributed by atoms with Gasteiger partial charge in [0.15, 0.2) is 5.65 Å². The summed E-state index contributed by atoms with van der Waals surface area (Å²) in [5, 5.41) is 2.33. The molecule has 0 aliphatic carbocycles. The number of nitrogens with one attached hydrogen (secondary N) is 2. The van der Waals surface area contributed by atoms with Crippen LogP contribution in [0.5, 0.6) is 0 Å². The maximum absolute atomic E-state index is 13.2. The van der Waals surface area contributed by atoms with Gasteiger partial charge in [-0.05, 0) is 18.6 Å². The number of pyridine rings is 1. The second kappa shape index (κ2) is 10.4. The SMILES string of the molecule is COCc1cc2nc(N3CC[C@H](N(C)C(=O)Nc4cc(C(F)(F)F)cn(C)c4=O)[C@H](OC)C3)cnc2[nH]1. The Morgan fingerprint density at radius 1 is 1.32 bits per heavy atom. The smallest absolute Gasteiger partial charge is 0.378 e. The Morgan fingerprint density at radius 3 is 2.76 bits per heavy atom. The number of aryl methyl sites for hydroxylation is 1. The van der Waals surface area contributed by atoms with Crippen molar-refractivity contribution < 1.29 is 27.4 Å². The third-order valence-electron chi connectivity index (χ3n) is 6.40. The topological polar surface area (TPSA) is 118 Å². The predicted octanol–water partition coefficient (Wildman–Crippen LogP) is 2.58. The molecule has 37 heavy (non-hydrogen) atoms. The highest BCUT2D eigenvalue weighted by Crippen LogP contribution is 2.30. The van der Waals surface area contributed by atoms with Crippen molar-refractivity contribution in [3.8, 4) is 0 Å². The third-order valence-corrected chi connectivity index (χ3v) is 6.40. The zero-order valence-electron chi connectivity index (χ0n) is 20.8. The normalized spacial score (nSPS) is 18.3. The first-order valence-electron chi connectivity index (χ1n) is 11.4. The molecule has 0 saturated carbocycles. The Hall–Kier alpha value is -3.65. The van der Waals surface area contributed by atoms with E-state index in [1.807, 2.05) is 11.0 Å². The van der Waals surface area contributed by atoms with Crippen LogP contribution in [0, 0.1) is 0 Å². The number of nitrogens with zero attached hydrogens (tertiary/aromatic N) is 5. The van der Waals surface area contributed by atoms with Gasteiger partial charge in [-0.2, -0.15) is 13.2 Å². The average Bonchev–Trinajstić information content (AvgIpc) is 3.27. The van der Waals surface area contributed by atoms with E-state index in [9.17, 15) is 22.8 Å². The molecule has 200 valence electrons. The van der Waals surface area contributed by atoms with Crippen LogP contribution in [0.15, 0.2) is 29.3 Å². The number of aromatic amines is 1. The number of rotatable bonds is 6. The number of hydrogen-bond acceptors (Lipinski definition) is 7. The number of urea groups is 1. The molecule has 3 aromatic rings. The summed E-state index contributed by atoms with van der Waals surface area (Å²) in [7, 11) is 5.83. The maximum Gasteiger partial charge on any atom is 0.417 e. The van der Waals surface area contributed by atoms with Crippen LogP contribution >= 0.6 is 0 Å². The number of carbonyl (C=O) groups is 1. The number of fused-ring (bicyclic) bond motifs is 1. The summed E-state index contributed by atoms with van der Waals surface area (Å²) in [6.45, 7) is 1.34. The standard InChI is InChI=1S/C23H28F3N7O4/c1-31-10-13(23(24,25)26)7-16(21(31)34)30-22(35)32(2)17-5-6-33(11-18(17)37-4)19-9-27-20-15(29-19)8-14(28-20)12-36-3/h7-10,17-18H,5-6,11-12H2,1-4H3,(H,27,28)(H,30,35)/t17-,18+/m0/s1. The van der Waals surface area contributed by atoms with Crippen molar-refractivity contribution in [1.82, 2.24) is 24.4 Å². The van der Waals surface area contributed by atoms with Gasteiger partial charge >= 0.3 is 12.2 Å². The summed E-state index contributed by atoms with van der Waals surface area (Å²) in [6, 6.07) is 1.40. The highest BCUT2D eigenvalue weighted by molar-refractivity contribution is 5.89. The Kier molecular flexibility index (Phi) is 7.41. The van der Waals surface area contributed by atoms with Crippen LogP contribution in [0.2, 0.25) is 0 Å². The number of alkyl halides is 3. The number of anilines is 2.